The van der Waals surface area contributed by atoms with E-state index in [0.717, 1.165) is 25.2 Å². The lowest BCUT2D eigenvalue weighted by Gasteiger charge is -2.32. The fourth-order valence-corrected chi connectivity index (χ4v) is 3.67. The van der Waals surface area contributed by atoms with Gasteiger partial charge in [0.25, 0.3) is 0 Å². The minimum absolute atomic E-state index is 0.00581. The number of amides is 1. The molecule has 148 valence electrons. The molecule has 1 fully saturated rings. The van der Waals surface area contributed by atoms with Gasteiger partial charge in [-0.2, -0.15) is 0 Å². The van der Waals surface area contributed by atoms with Crippen LogP contribution in [0.4, 0.5) is 11.5 Å². The predicted octanol–water partition coefficient (Wildman–Crippen LogP) is 3.32. The smallest absolute Gasteiger partial charge is 0.231 e. The van der Waals surface area contributed by atoms with Crippen LogP contribution >= 0.6 is 0 Å². The van der Waals surface area contributed by atoms with Crippen LogP contribution in [-0.2, 0) is 4.79 Å². The number of fused-ring (bicyclic) bond motifs is 1. The molecule has 0 saturated carbocycles. The normalized spacial score (nSPS) is 17.9. The number of ether oxygens (including phenoxy) is 2. The van der Waals surface area contributed by atoms with Crippen molar-refractivity contribution in [3.8, 4) is 23.0 Å². The fraction of sp³-hybridized carbons (Fsp3) is 0.286. The van der Waals surface area contributed by atoms with Gasteiger partial charge in [0.15, 0.2) is 23.1 Å². The third kappa shape index (κ3) is 3.61. The van der Waals surface area contributed by atoms with E-state index in [-0.39, 0.29) is 18.6 Å². The van der Waals surface area contributed by atoms with E-state index < -0.39 is 0 Å². The number of rotatable bonds is 4. The van der Waals surface area contributed by atoms with Gasteiger partial charge in [-0.15, -0.1) is 10.2 Å². The SMILES string of the molecule is O=C(Nc1ccc2c(c1)OCO2)C1CCCN(c2ccc(-c3ccco3)nn2)C1. The van der Waals surface area contributed by atoms with Crippen LogP contribution < -0.4 is 19.7 Å². The number of nitrogens with zero attached hydrogens (tertiary/aromatic N) is 3. The quantitative estimate of drug-likeness (QED) is 0.728. The maximum absolute atomic E-state index is 12.8. The molecule has 0 radical (unpaired) electrons. The zero-order valence-corrected chi connectivity index (χ0v) is 15.7. The molecule has 3 aromatic rings. The maximum atomic E-state index is 12.8. The molecule has 5 rings (SSSR count). The van der Waals surface area contributed by atoms with Crippen molar-refractivity contribution in [2.45, 2.75) is 12.8 Å². The highest BCUT2D eigenvalue weighted by atomic mass is 16.7. The summed E-state index contributed by atoms with van der Waals surface area (Å²) in [6.07, 6.45) is 3.37. The van der Waals surface area contributed by atoms with Crippen molar-refractivity contribution in [1.29, 1.82) is 0 Å². The standard InChI is InChI=1S/C21H20N4O4/c26-21(22-15-5-7-18-19(11-15)29-13-28-18)14-3-1-9-25(12-14)20-8-6-16(23-24-20)17-4-2-10-27-17/h2,4-8,10-11,14H,1,3,9,12-13H2,(H,22,26). The molecule has 29 heavy (non-hydrogen) atoms. The van der Waals surface area contributed by atoms with Crippen molar-refractivity contribution in [1.82, 2.24) is 10.2 Å². The second-order valence-electron chi connectivity index (χ2n) is 7.10. The molecule has 2 aliphatic heterocycles. The van der Waals surface area contributed by atoms with Crippen LogP contribution in [0.25, 0.3) is 11.5 Å². The average Bonchev–Trinajstić information content (AvgIpc) is 3.46. The molecule has 4 heterocycles. The van der Waals surface area contributed by atoms with Gasteiger partial charge in [-0.3, -0.25) is 4.79 Å². The Morgan fingerprint density at radius 2 is 2.03 bits per heavy atom. The molecule has 1 unspecified atom stereocenters. The number of aromatic nitrogens is 2. The van der Waals surface area contributed by atoms with Gasteiger partial charge in [0.05, 0.1) is 12.2 Å². The Balaban J connectivity index is 1.25. The summed E-state index contributed by atoms with van der Waals surface area (Å²) in [4.78, 5) is 14.9. The molecule has 1 N–H and O–H groups in total. The van der Waals surface area contributed by atoms with E-state index in [1.165, 1.54) is 0 Å². The number of anilines is 2. The van der Waals surface area contributed by atoms with E-state index in [1.807, 2.05) is 30.3 Å². The Morgan fingerprint density at radius 3 is 2.86 bits per heavy atom. The molecule has 8 heteroatoms. The maximum Gasteiger partial charge on any atom is 0.231 e. The van der Waals surface area contributed by atoms with E-state index in [0.29, 0.717) is 35.2 Å². The first-order valence-corrected chi connectivity index (χ1v) is 9.59. The van der Waals surface area contributed by atoms with Gasteiger partial charge in [0.1, 0.15) is 5.69 Å². The molecule has 1 amide bonds. The molecule has 8 nitrogen and oxygen atoms in total. The predicted molar refractivity (Wildman–Crippen MR) is 106 cm³/mol. The number of nitrogens with one attached hydrogen (secondary N) is 1. The highest BCUT2D eigenvalue weighted by Gasteiger charge is 2.27. The van der Waals surface area contributed by atoms with Crippen LogP contribution in [0.3, 0.4) is 0 Å². The van der Waals surface area contributed by atoms with Crippen molar-refractivity contribution in [2.75, 3.05) is 30.1 Å². The number of hydrogen-bond acceptors (Lipinski definition) is 7. The second kappa shape index (κ2) is 7.46. The molecular formula is C21H20N4O4. The number of carbonyl (C=O) groups is 1. The van der Waals surface area contributed by atoms with Gasteiger partial charge in [-0.25, -0.2) is 0 Å². The number of furan rings is 1. The summed E-state index contributed by atoms with van der Waals surface area (Å²) in [5, 5.41) is 11.6. The van der Waals surface area contributed by atoms with E-state index >= 15 is 0 Å². The topological polar surface area (TPSA) is 89.7 Å². The van der Waals surface area contributed by atoms with Gasteiger partial charge in [0.2, 0.25) is 12.7 Å². The summed E-state index contributed by atoms with van der Waals surface area (Å²) >= 11 is 0. The first kappa shape index (κ1) is 17.5. The van der Waals surface area contributed by atoms with Crippen LogP contribution in [0.5, 0.6) is 11.5 Å². The number of carbonyl (C=O) groups excluding carboxylic acids is 1. The van der Waals surface area contributed by atoms with Crippen LogP contribution in [-0.4, -0.2) is 36.0 Å². The largest absolute Gasteiger partial charge is 0.463 e. The molecule has 0 spiro atoms. The van der Waals surface area contributed by atoms with Gasteiger partial charge in [-0.1, -0.05) is 0 Å². The van der Waals surface area contributed by atoms with Crippen molar-refractivity contribution in [3.63, 3.8) is 0 Å². The van der Waals surface area contributed by atoms with E-state index in [2.05, 4.69) is 20.4 Å². The van der Waals surface area contributed by atoms with Gasteiger partial charge in [-0.05, 0) is 49.2 Å². The summed E-state index contributed by atoms with van der Waals surface area (Å²) < 4.78 is 16.0. The van der Waals surface area contributed by atoms with Crippen LogP contribution in [0, 0.1) is 5.92 Å². The summed E-state index contributed by atoms with van der Waals surface area (Å²) in [5.74, 6) is 2.67. The minimum Gasteiger partial charge on any atom is -0.463 e. The Kier molecular flexibility index (Phi) is 4.51. The molecule has 0 bridgehead atoms. The van der Waals surface area contributed by atoms with Crippen molar-refractivity contribution < 1.29 is 18.7 Å². The third-order valence-electron chi connectivity index (χ3n) is 5.18. The number of benzene rings is 1. The summed E-state index contributed by atoms with van der Waals surface area (Å²) in [6, 6.07) is 12.9. The Morgan fingerprint density at radius 1 is 1.10 bits per heavy atom. The van der Waals surface area contributed by atoms with Crippen LogP contribution in [0.1, 0.15) is 12.8 Å². The lowest BCUT2D eigenvalue weighted by Crippen LogP contribution is -2.41. The van der Waals surface area contributed by atoms with Crippen molar-refractivity contribution in [2.24, 2.45) is 5.92 Å². The summed E-state index contributed by atoms with van der Waals surface area (Å²) in [6.45, 7) is 1.66. The molecule has 2 aliphatic rings. The van der Waals surface area contributed by atoms with E-state index in [1.54, 1.807) is 18.4 Å². The number of piperidine rings is 1. The zero-order valence-electron chi connectivity index (χ0n) is 15.7. The average molecular weight is 392 g/mol. The van der Waals surface area contributed by atoms with E-state index in [9.17, 15) is 4.79 Å². The highest BCUT2D eigenvalue weighted by molar-refractivity contribution is 5.93. The zero-order chi connectivity index (χ0) is 19.6. The van der Waals surface area contributed by atoms with Crippen molar-refractivity contribution >= 4 is 17.4 Å². The summed E-state index contributed by atoms with van der Waals surface area (Å²) in [7, 11) is 0. The fourth-order valence-electron chi connectivity index (χ4n) is 3.67. The molecule has 1 atom stereocenters. The van der Waals surface area contributed by atoms with Gasteiger partial charge in [0, 0.05) is 24.8 Å². The highest BCUT2D eigenvalue weighted by Crippen LogP contribution is 2.34. The minimum atomic E-state index is -0.124. The lowest BCUT2D eigenvalue weighted by atomic mass is 9.97. The lowest BCUT2D eigenvalue weighted by molar-refractivity contribution is -0.120. The monoisotopic (exact) mass is 392 g/mol. The van der Waals surface area contributed by atoms with Crippen LogP contribution in [0.15, 0.2) is 53.1 Å². The molecule has 1 saturated heterocycles. The van der Waals surface area contributed by atoms with Crippen LogP contribution in [0.2, 0.25) is 0 Å². The van der Waals surface area contributed by atoms with Crippen molar-refractivity contribution in [3.05, 3.63) is 48.7 Å². The van der Waals surface area contributed by atoms with E-state index in [4.69, 9.17) is 13.9 Å². The Labute approximate surface area is 167 Å². The Bertz CT molecular complexity index is 1000. The molecule has 1 aromatic carbocycles. The summed E-state index contributed by atoms with van der Waals surface area (Å²) in [5.41, 5.74) is 1.40. The van der Waals surface area contributed by atoms with Gasteiger partial charge >= 0.3 is 0 Å². The Hall–Kier alpha value is -3.55. The third-order valence-corrected chi connectivity index (χ3v) is 5.18. The molecule has 2 aromatic heterocycles. The molecular weight excluding hydrogens is 372 g/mol. The first-order valence-electron chi connectivity index (χ1n) is 9.59. The first-order chi connectivity index (χ1) is 14.3. The van der Waals surface area contributed by atoms with Gasteiger partial charge < -0.3 is 24.1 Å². The second-order valence-corrected chi connectivity index (χ2v) is 7.10. The molecule has 0 aliphatic carbocycles. The number of hydrogen-bond donors (Lipinski definition) is 1.